The smallest absolute Gasteiger partial charge is 0.230 e. The van der Waals surface area contributed by atoms with Crippen molar-refractivity contribution in [2.24, 2.45) is 5.73 Å². The van der Waals surface area contributed by atoms with E-state index in [0.717, 1.165) is 22.6 Å². The zero-order valence-corrected chi connectivity index (χ0v) is 12.2. The van der Waals surface area contributed by atoms with E-state index in [2.05, 4.69) is 4.98 Å². The van der Waals surface area contributed by atoms with Crippen LogP contribution in [0.5, 0.6) is 11.6 Å². The first-order valence-corrected chi connectivity index (χ1v) is 6.46. The van der Waals surface area contributed by atoms with E-state index in [1.54, 1.807) is 0 Å². The summed E-state index contributed by atoms with van der Waals surface area (Å²) in [6, 6.07) is 7.84. The maximum absolute atomic E-state index is 7.70. The number of aromatic nitrogens is 1. The largest absolute Gasteiger partial charge is 0.438 e. The second kappa shape index (κ2) is 5.33. The Bertz CT molecular complexity index is 678. The van der Waals surface area contributed by atoms with Gasteiger partial charge in [-0.3, -0.25) is 5.41 Å². The fourth-order valence-corrected chi connectivity index (χ4v) is 2.22. The van der Waals surface area contributed by atoms with Crippen molar-refractivity contribution in [2.45, 2.75) is 27.7 Å². The molecule has 0 radical (unpaired) electrons. The maximum atomic E-state index is 7.70. The Balaban J connectivity index is 2.50. The number of benzene rings is 1. The SMILES string of the molecule is Cc1ccc(Oc2nc(C)cc(C)c2C(=N)N)c(C)c1. The van der Waals surface area contributed by atoms with Gasteiger partial charge >= 0.3 is 0 Å². The minimum atomic E-state index is -0.0326. The van der Waals surface area contributed by atoms with Gasteiger partial charge in [-0.15, -0.1) is 0 Å². The zero-order valence-electron chi connectivity index (χ0n) is 12.2. The number of rotatable bonds is 3. The Hall–Kier alpha value is -2.36. The molecular weight excluding hydrogens is 250 g/mol. The molecule has 2 rings (SSSR count). The molecule has 4 heteroatoms. The molecule has 1 aromatic heterocycles. The molecule has 2 aromatic rings. The van der Waals surface area contributed by atoms with Gasteiger partial charge in [0.15, 0.2) is 0 Å². The minimum absolute atomic E-state index is 0.0326. The van der Waals surface area contributed by atoms with Gasteiger partial charge in [0.2, 0.25) is 5.88 Å². The molecule has 1 aromatic carbocycles. The first-order valence-electron chi connectivity index (χ1n) is 6.46. The molecule has 0 bridgehead atoms. The zero-order chi connectivity index (χ0) is 14.9. The molecule has 0 atom stereocenters. The van der Waals surface area contributed by atoms with Gasteiger partial charge in [-0.25, -0.2) is 4.98 Å². The number of nitrogens with two attached hydrogens (primary N) is 1. The van der Waals surface area contributed by atoms with Crippen LogP contribution in [0.2, 0.25) is 0 Å². The molecule has 0 spiro atoms. The van der Waals surface area contributed by atoms with Crippen LogP contribution in [0.25, 0.3) is 0 Å². The van der Waals surface area contributed by atoms with Crippen LogP contribution in [0.1, 0.15) is 27.9 Å². The van der Waals surface area contributed by atoms with Crippen molar-refractivity contribution in [3.8, 4) is 11.6 Å². The number of hydrogen-bond acceptors (Lipinski definition) is 3. The average Bonchev–Trinajstić information content (AvgIpc) is 2.31. The number of nitrogen functional groups attached to an aromatic ring is 1. The Kier molecular flexibility index (Phi) is 3.74. The van der Waals surface area contributed by atoms with E-state index in [4.69, 9.17) is 15.9 Å². The molecular formula is C16H19N3O. The van der Waals surface area contributed by atoms with E-state index in [9.17, 15) is 0 Å². The van der Waals surface area contributed by atoms with E-state index in [0.29, 0.717) is 11.4 Å². The molecule has 104 valence electrons. The molecule has 0 aliphatic heterocycles. The second-order valence-corrected chi connectivity index (χ2v) is 5.05. The van der Waals surface area contributed by atoms with Gasteiger partial charge in [0.05, 0.1) is 5.56 Å². The molecule has 1 heterocycles. The van der Waals surface area contributed by atoms with Crippen molar-refractivity contribution >= 4 is 5.84 Å². The number of ether oxygens (including phenoxy) is 1. The molecule has 0 amide bonds. The molecule has 0 fully saturated rings. The van der Waals surface area contributed by atoms with Crippen molar-refractivity contribution in [3.05, 3.63) is 52.2 Å². The molecule has 4 nitrogen and oxygen atoms in total. The summed E-state index contributed by atoms with van der Waals surface area (Å²) >= 11 is 0. The quantitative estimate of drug-likeness (QED) is 0.662. The highest BCUT2D eigenvalue weighted by Crippen LogP contribution is 2.28. The molecule has 0 saturated carbocycles. The van der Waals surface area contributed by atoms with E-state index >= 15 is 0 Å². The third kappa shape index (κ3) is 2.79. The second-order valence-electron chi connectivity index (χ2n) is 5.05. The lowest BCUT2D eigenvalue weighted by atomic mass is 10.1. The van der Waals surface area contributed by atoms with Crippen molar-refractivity contribution < 1.29 is 4.74 Å². The summed E-state index contributed by atoms with van der Waals surface area (Å²) in [5.74, 6) is 1.09. The highest BCUT2D eigenvalue weighted by Gasteiger charge is 2.14. The van der Waals surface area contributed by atoms with Crippen LogP contribution in [0.3, 0.4) is 0 Å². The topological polar surface area (TPSA) is 72.0 Å². The Morgan fingerprint density at radius 3 is 2.40 bits per heavy atom. The minimum Gasteiger partial charge on any atom is -0.438 e. The number of nitrogens with zero attached hydrogens (tertiary/aromatic N) is 1. The van der Waals surface area contributed by atoms with Crippen molar-refractivity contribution in [1.82, 2.24) is 4.98 Å². The number of amidine groups is 1. The van der Waals surface area contributed by atoms with E-state index < -0.39 is 0 Å². The van der Waals surface area contributed by atoms with Crippen LogP contribution >= 0.6 is 0 Å². The third-order valence-corrected chi connectivity index (χ3v) is 3.12. The predicted molar refractivity (Wildman–Crippen MR) is 80.7 cm³/mol. The molecule has 0 unspecified atom stereocenters. The van der Waals surface area contributed by atoms with Gasteiger partial charge in [0.25, 0.3) is 0 Å². The van der Waals surface area contributed by atoms with Crippen LogP contribution in [0.4, 0.5) is 0 Å². The summed E-state index contributed by atoms with van der Waals surface area (Å²) in [5, 5.41) is 7.70. The summed E-state index contributed by atoms with van der Waals surface area (Å²) in [5.41, 5.74) is 10.1. The lowest BCUT2D eigenvalue weighted by Crippen LogP contribution is -2.15. The third-order valence-electron chi connectivity index (χ3n) is 3.12. The number of pyridine rings is 1. The summed E-state index contributed by atoms with van der Waals surface area (Å²) < 4.78 is 5.89. The molecule has 0 aliphatic rings. The highest BCUT2D eigenvalue weighted by atomic mass is 16.5. The number of nitrogens with one attached hydrogen (secondary N) is 1. The Morgan fingerprint density at radius 1 is 1.10 bits per heavy atom. The van der Waals surface area contributed by atoms with Gasteiger partial charge in [-0.2, -0.15) is 0 Å². The molecule has 3 N–H and O–H groups in total. The van der Waals surface area contributed by atoms with E-state index in [1.807, 2.05) is 52.0 Å². The summed E-state index contributed by atoms with van der Waals surface area (Å²) in [6.45, 7) is 7.82. The molecule has 0 saturated heterocycles. The summed E-state index contributed by atoms with van der Waals surface area (Å²) in [4.78, 5) is 4.37. The fourth-order valence-electron chi connectivity index (χ4n) is 2.22. The van der Waals surface area contributed by atoms with Gasteiger partial charge in [-0.1, -0.05) is 17.7 Å². The van der Waals surface area contributed by atoms with Crippen LogP contribution in [0.15, 0.2) is 24.3 Å². The Labute approximate surface area is 119 Å². The lowest BCUT2D eigenvalue weighted by molar-refractivity contribution is 0.456. The number of aryl methyl sites for hydroxylation is 4. The van der Waals surface area contributed by atoms with Crippen molar-refractivity contribution in [1.29, 1.82) is 5.41 Å². The standard InChI is InChI=1S/C16H19N3O/c1-9-5-6-13(10(2)7-9)20-16-14(15(17)18)11(3)8-12(4)19-16/h5-8H,1-4H3,(H3,17,18). The first kappa shape index (κ1) is 14.1. The van der Waals surface area contributed by atoms with E-state index in [1.165, 1.54) is 5.56 Å². The van der Waals surface area contributed by atoms with E-state index in [-0.39, 0.29) is 5.84 Å². The summed E-state index contributed by atoms with van der Waals surface area (Å²) in [7, 11) is 0. The van der Waals surface area contributed by atoms with Gasteiger partial charge < -0.3 is 10.5 Å². The van der Waals surface area contributed by atoms with Crippen molar-refractivity contribution in [3.63, 3.8) is 0 Å². The van der Waals surface area contributed by atoms with Gasteiger partial charge in [0, 0.05) is 5.69 Å². The van der Waals surface area contributed by atoms with Crippen LogP contribution in [-0.4, -0.2) is 10.8 Å². The number of hydrogen-bond donors (Lipinski definition) is 2. The van der Waals surface area contributed by atoms with Crippen molar-refractivity contribution in [2.75, 3.05) is 0 Å². The highest BCUT2D eigenvalue weighted by molar-refractivity contribution is 5.98. The molecule has 20 heavy (non-hydrogen) atoms. The maximum Gasteiger partial charge on any atom is 0.230 e. The first-order chi connectivity index (χ1) is 9.38. The fraction of sp³-hybridized carbons (Fsp3) is 0.250. The van der Waals surface area contributed by atoms with Gasteiger partial charge in [-0.05, 0) is 51.0 Å². The summed E-state index contributed by atoms with van der Waals surface area (Å²) in [6.07, 6.45) is 0. The predicted octanol–water partition coefficient (Wildman–Crippen LogP) is 3.39. The average molecular weight is 269 g/mol. The van der Waals surface area contributed by atoms with Gasteiger partial charge in [0.1, 0.15) is 11.6 Å². The Morgan fingerprint density at radius 2 is 1.80 bits per heavy atom. The van der Waals surface area contributed by atoms with Crippen LogP contribution < -0.4 is 10.5 Å². The van der Waals surface area contributed by atoms with Crippen LogP contribution in [0, 0.1) is 33.1 Å². The normalized spacial score (nSPS) is 10.4. The lowest BCUT2D eigenvalue weighted by Gasteiger charge is -2.14. The molecule has 0 aliphatic carbocycles. The van der Waals surface area contributed by atoms with Crippen LogP contribution in [-0.2, 0) is 0 Å². The monoisotopic (exact) mass is 269 g/mol.